The average molecular weight is 342 g/mol. The lowest BCUT2D eigenvalue weighted by Gasteiger charge is -2.15. The molecule has 1 fully saturated rings. The molecule has 0 spiro atoms. The fourth-order valence-corrected chi connectivity index (χ4v) is 4.64. The predicted molar refractivity (Wildman–Crippen MR) is 87.7 cm³/mol. The van der Waals surface area contributed by atoms with E-state index < -0.39 is 15.8 Å². The number of likely N-dealkylation sites (tertiary alicyclic amines) is 1. The molecular weight excluding hydrogens is 322 g/mol. The van der Waals surface area contributed by atoms with Crippen LogP contribution in [0.3, 0.4) is 0 Å². The Hall–Kier alpha value is -1.33. The van der Waals surface area contributed by atoms with Crippen LogP contribution >= 0.6 is 11.6 Å². The summed E-state index contributed by atoms with van der Waals surface area (Å²) >= 11 is 5.93. The number of carbonyl (C=O) groups is 1. The number of halogens is 1. The summed E-state index contributed by atoms with van der Waals surface area (Å²) in [5, 5.41) is 0. The first-order chi connectivity index (χ1) is 10.4. The number of carbonyl (C=O) groups excluding carboxylic acids is 1. The second-order valence-corrected chi connectivity index (χ2v) is 7.99. The van der Waals surface area contributed by atoms with Crippen molar-refractivity contribution in [2.24, 2.45) is 11.8 Å². The van der Waals surface area contributed by atoms with Gasteiger partial charge in [-0.1, -0.05) is 23.8 Å². The van der Waals surface area contributed by atoms with Gasteiger partial charge in [-0.3, -0.25) is 4.79 Å². The summed E-state index contributed by atoms with van der Waals surface area (Å²) < 4.78 is 25.1. The topological polar surface area (TPSA) is 54.5 Å². The second kappa shape index (κ2) is 6.84. The van der Waals surface area contributed by atoms with Crippen LogP contribution in [0.15, 0.2) is 41.8 Å². The summed E-state index contributed by atoms with van der Waals surface area (Å²) in [6.07, 6.45) is 1.64. The Morgan fingerprint density at radius 2 is 2.00 bits per heavy atom. The van der Waals surface area contributed by atoms with Crippen molar-refractivity contribution in [2.75, 3.05) is 24.7 Å². The molecule has 1 heterocycles. The zero-order chi connectivity index (χ0) is 16.3. The van der Waals surface area contributed by atoms with E-state index in [0.29, 0.717) is 13.1 Å². The Bertz CT molecular complexity index is 654. The van der Waals surface area contributed by atoms with Crippen molar-refractivity contribution in [3.63, 3.8) is 0 Å². The number of benzene rings is 1. The Morgan fingerprint density at radius 3 is 2.55 bits per heavy atom. The van der Waals surface area contributed by atoms with Crippen LogP contribution in [-0.2, 0) is 14.6 Å². The number of hydrogen-bond donors (Lipinski definition) is 0. The molecule has 120 valence electrons. The first kappa shape index (κ1) is 17.0. The molecule has 22 heavy (non-hydrogen) atoms. The molecule has 0 radical (unpaired) electrons. The van der Waals surface area contributed by atoms with Gasteiger partial charge in [0.2, 0.25) is 5.91 Å². The largest absolute Gasteiger partial charge is 0.338 e. The molecule has 0 unspecified atom stereocenters. The van der Waals surface area contributed by atoms with Crippen molar-refractivity contribution in [1.29, 1.82) is 0 Å². The highest BCUT2D eigenvalue weighted by Crippen LogP contribution is 2.29. The van der Waals surface area contributed by atoms with Gasteiger partial charge in [-0.25, -0.2) is 8.42 Å². The number of hydrogen-bond acceptors (Lipinski definition) is 3. The Labute approximate surface area is 136 Å². The Kier molecular flexibility index (Phi) is 5.29. The van der Waals surface area contributed by atoms with Crippen LogP contribution in [-0.4, -0.2) is 43.9 Å². The summed E-state index contributed by atoms with van der Waals surface area (Å²) in [4.78, 5) is 14.3. The molecule has 0 saturated carbocycles. The lowest BCUT2D eigenvalue weighted by Crippen LogP contribution is -2.30. The van der Waals surface area contributed by atoms with Crippen LogP contribution in [0.25, 0.3) is 0 Å². The number of nitrogens with zero attached hydrogens (tertiary/aromatic N) is 1. The third-order valence-electron chi connectivity index (χ3n) is 3.98. The van der Waals surface area contributed by atoms with Gasteiger partial charge in [0.05, 0.1) is 16.6 Å². The predicted octanol–water partition coefficient (Wildman–Crippen LogP) is 2.27. The second-order valence-electron chi connectivity index (χ2n) is 5.65. The zero-order valence-electron chi connectivity index (χ0n) is 12.5. The maximum absolute atomic E-state index is 12.5. The van der Waals surface area contributed by atoms with Gasteiger partial charge >= 0.3 is 0 Å². The molecule has 1 aromatic rings. The summed E-state index contributed by atoms with van der Waals surface area (Å²) in [6.45, 7) is 6.43. The molecule has 4 nitrogen and oxygen atoms in total. The van der Waals surface area contributed by atoms with E-state index in [9.17, 15) is 13.2 Å². The van der Waals surface area contributed by atoms with Gasteiger partial charge in [-0.15, -0.1) is 18.2 Å². The minimum Gasteiger partial charge on any atom is -0.338 e. The average Bonchev–Trinajstić information content (AvgIpc) is 2.76. The van der Waals surface area contributed by atoms with E-state index in [1.165, 1.54) is 0 Å². The van der Waals surface area contributed by atoms with Gasteiger partial charge in [-0.05, 0) is 19.1 Å². The van der Waals surface area contributed by atoms with Crippen molar-refractivity contribution in [3.05, 3.63) is 42.5 Å². The summed E-state index contributed by atoms with van der Waals surface area (Å²) in [5.74, 6) is -0.799. The molecule has 0 bridgehead atoms. The number of amides is 1. The van der Waals surface area contributed by atoms with Gasteiger partial charge in [0.25, 0.3) is 0 Å². The van der Waals surface area contributed by atoms with Gasteiger partial charge < -0.3 is 4.90 Å². The molecule has 0 aliphatic carbocycles. The third kappa shape index (κ3) is 3.52. The van der Waals surface area contributed by atoms with E-state index in [-0.39, 0.29) is 28.4 Å². The maximum atomic E-state index is 12.5. The van der Waals surface area contributed by atoms with E-state index >= 15 is 0 Å². The van der Waals surface area contributed by atoms with Crippen LogP contribution in [0.2, 0.25) is 0 Å². The highest BCUT2D eigenvalue weighted by Gasteiger charge is 2.41. The van der Waals surface area contributed by atoms with E-state index in [1.54, 1.807) is 35.2 Å². The smallest absolute Gasteiger partial charge is 0.227 e. The molecule has 0 aromatic heterocycles. The van der Waals surface area contributed by atoms with Crippen LogP contribution < -0.4 is 0 Å². The first-order valence-corrected chi connectivity index (χ1v) is 9.32. The molecule has 6 heteroatoms. The van der Waals surface area contributed by atoms with Crippen molar-refractivity contribution in [2.45, 2.75) is 11.8 Å². The standard InChI is InChI=1S/C16H20ClNO3S/c1-3-8-18-10-13(9-17)15(16(18)19)11-22(20,21)14-6-4-12(2)5-7-14/h3-7,13,15H,1,8-11H2,2H3/t13-,15+/m0/s1. The lowest BCUT2D eigenvalue weighted by molar-refractivity contribution is -0.130. The zero-order valence-corrected chi connectivity index (χ0v) is 14.1. The van der Waals surface area contributed by atoms with E-state index in [2.05, 4.69) is 6.58 Å². The number of alkyl halides is 1. The molecule has 2 atom stereocenters. The van der Waals surface area contributed by atoms with Crippen molar-refractivity contribution < 1.29 is 13.2 Å². The van der Waals surface area contributed by atoms with Gasteiger partial charge in [0, 0.05) is 24.9 Å². The molecule has 1 amide bonds. The van der Waals surface area contributed by atoms with E-state index in [4.69, 9.17) is 11.6 Å². The highest BCUT2D eigenvalue weighted by atomic mass is 35.5. The molecule has 1 aliphatic rings. The number of rotatable bonds is 6. The highest BCUT2D eigenvalue weighted by molar-refractivity contribution is 7.91. The van der Waals surface area contributed by atoms with Crippen molar-refractivity contribution in [3.8, 4) is 0 Å². The summed E-state index contributed by atoms with van der Waals surface area (Å²) in [6, 6.07) is 6.68. The Balaban J connectivity index is 2.22. The molecular formula is C16H20ClNO3S. The molecule has 2 rings (SSSR count). The van der Waals surface area contributed by atoms with Crippen molar-refractivity contribution >= 4 is 27.3 Å². The SMILES string of the molecule is C=CCN1C[C@H](CCl)[C@@H](CS(=O)(=O)c2ccc(C)cc2)C1=O. The third-order valence-corrected chi connectivity index (χ3v) is 6.16. The van der Waals surface area contributed by atoms with Crippen molar-refractivity contribution in [1.82, 2.24) is 4.90 Å². The van der Waals surface area contributed by atoms with Crippen LogP contribution in [0.4, 0.5) is 0 Å². The Morgan fingerprint density at radius 1 is 1.36 bits per heavy atom. The van der Waals surface area contributed by atoms with E-state index in [0.717, 1.165) is 5.56 Å². The quantitative estimate of drug-likeness (QED) is 0.589. The maximum Gasteiger partial charge on any atom is 0.227 e. The fourth-order valence-electron chi connectivity index (χ4n) is 2.70. The number of sulfone groups is 1. The van der Waals surface area contributed by atoms with Gasteiger partial charge in [0.1, 0.15) is 0 Å². The summed E-state index contributed by atoms with van der Waals surface area (Å²) in [5.41, 5.74) is 0.992. The van der Waals surface area contributed by atoms with Crippen LogP contribution in [0.5, 0.6) is 0 Å². The molecule has 1 aromatic carbocycles. The van der Waals surface area contributed by atoms with Gasteiger partial charge in [0.15, 0.2) is 9.84 Å². The fraction of sp³-hybridized carbons (Fsp3) is 0.438. The minimum atomic E-state index is -3.51. The molecule has 1 aliphatic heterocycles. The summed E-state index contributed by atoms with van der Waals surface area (Å²) in [7, 11) is -3.51. The first-order valence-electron chi connectivity index (χ1n) is 7.14. The lowest BCUT2D eigenvalue weighted by atomic mass is 10.00. The minimum absolute atomic E-state index is 0.144. The normalized spacial score (nSPS) is 22.1. The van der Waals surface area contributed by atoms with Crippen LogP contribution in [0.1, 0.15) is 5.56 Å². The van der Waals surface area contributed by atoms with E-state index in [1.807, 2.05) is 6.92 Å². The molecule has 0 N–H and O–H groups in total. The number of aryl methyl sites for hydroxylation is 1. The monoisotopic (exact) mass is 341 g/mol. The van der Waals surface area contributed by atoms with Crippen LogP contribution in [0, 0.1) is 18.8 Å². The molecule has 1 saturated heterocycles. The van der Waals surface area contributed by atoms with Gasteiger partial charge in [-0.2, -0.15) is 0 Å².